The second-order valence-corrected chi connectivity index (χ2v) is 5.88. The van der Waals surface area contributed by atoms with Gasteiger partial charge in [-0.15, -0.1) is 0 Å². The van der Waals surface area contributed by atoms with E-state index in [0.29, 0.717) is 17.4 Å². The van der Waals surface area contributed by atoms with Crippen molar-refractivity contribution in [3.63, 3.8) is 0 Å². The lowest BCUT2D eigenvalue weighted by Gasteiger charge is -2.19. The number of halogens is 1. The maximum atomic E-state index is 12.3. The second kappa shape index (κ2) is 8.60. The summed E-state index contributed by atoms with van der Waals surface area (Å²) in [6.45, 7) is 6.22. The first-order chi connectivity index (χ1) is 11.5. The minimum Gasteiger partial charge on any atom is -0.494 e. The Kier molecular flexibility index (Phi) is 6.50. The summed E-state index contributed by atoms with van der Waals surface area (Å²) >= 11 is 5.83. The van der Waals surface area contributed by atoms with Crippen molar-refractivity contribution in [1.82, 2.24) is 5.32 Å². The van der Waals surface area contributed by atoms with Crippen LogP contribution in [0.5, 0.6) is 11.5 Å². The van der Waals surface area contributed by atoms with Crippen LogP contribution in [0.1, 0.15) is 32.4 Å². The third-order valence-electron chi connectivity index (χ3n) is 3.55. The first-order valence-electron chi connectivity index (χ1n) is 7.95. The lowest BCUT2D eigenvalue weighted by Crippen LogP contribution is -2.37. The zero-order valence-electron chi connectivity index (χ0n) is 14.1. The molecule has 0 spiro atoms. The fourth-order valence-corrected chi connectivity index (χ4v) is 2.33. The quantitative estimate of drug-likeness (QED) is 0.808. The molecule has 1 amide bonds. The van der Waals surface area contributed by atoms with Crippen LogP contribution in [0.25, 0.3) is 0 Å². The van der Waals surface area contributed by atoms with Gasteiger partial charge in [0.05, 0.1) is 12.6 Å². The van der Waals surface area contributed by atoms with Crippen LogP contribution in [0.15, 0.2) is 48.5 Å². The van der Waals surface area contributed by atoms with E-state index in [1.165, 1.54) is 0 Å². The number of nitrogens with one attached hydrogen (secondary N) is 1. The molecule has 2 aromatic carbocycles. The Morgan fingerprint density at radius 2 is 1.62 bits per heavy atom. The van der Waals surface area contributed by atoms with Crippen LogP contribution >= 0.6 is 11.6 Å². The molecule has 4 nitrogen and oxygen atoms in total. The van der Waals surface area contributed by atoms with Crippen molar-refractivity contribution in [3.8, 4) is 11.5 Å². The average Bonchev–Trinajstić information content (AvgIpc) is 2.57. The number of rotatable bonds is 7. The highest BCUT2D eigenvalue weighted by Crippen LogP contribution is 2.19. The van der Waals surface area contributed by atoms with Gasteiger partial charge in [-0.05, 0) is 62.7 Å². The summed E-state index contributed by atoms with van der Waals surface area (Å²) < 4.78 is 11.0. The zero-order valence-corrected chi connectivity index (χ0v) is 14.8. The van der Waals surface area contributed by atoms with Gasteiger partial charge in [-0.2, -0.15) is 0 Å². The Labute approximate surface area is 147 Å². The molecule has 2 atom stereocenters. The van der Waals surface area contributed by atoms with Crippen molar-refractivity contribution in [2.45, 2.75) is 32.9 Å². The highest BCUT2D eigenvalue weighted by molar-refractivity contribution is 6.30. The van der Waals surface area contributed by atoms with E-state index in [4.69, 9.17) is 21.1 Å². The molecule has 0 aliphatic rings. The van der Waals surface area contributed by atoms with Crippen LogP contribution in [0.2, 0.25) is 5.02 Å². The number of ether oxygens (including phenoxy) is 2. The van der Waals surface area contributed by atoms with Gasteiger partial charge in [-0.1, -0.05) is 23.7 Å². The molecule has 2 aromatic rings. The van der Waals surface area contributed by atoms with E-state index in [2.05, 4.69) is 5.32 Å². The van der Waals surface area contributed by atoms with Gasteiger partial charge in [-0.25, -0.2) is 0 Å². The van der Waals surface area contributed by atoms with Crippen LogP contribution in [0.4, 0.5) is 0 Å². The van der Waals surface area contributed by atoms with Crippen LogP contribution in [-0.2, 0) is 4.79 Å². The minimum absolute atomic E-state index is 0.121. The molecule has 1 N–H and O–H groups in total. The molecule has 0 bridgehead atoms. The number of benzene rings is 2. The van der Waals surface area contributed by atoms with Crippen LogP contribution in [-0.4, -0.2) is 18.6 Å². The predicted molar refractivity (Wildman–Crippen MR) is 95.7 cm³/mol. The van der Waals surface area contributed by atoms with Crippen LogP contribution in [0.3, 0.4) is 0 Å². The summed E-state index contributed by atoms with van der Waals surface area (Å²) in [5, 5.41) is 3.58. The van der Waals surface area contributed by atoms with Crippen molar-refractivity contribution in [1.29, 1.82) is 0 Å². The molecule has 0 heterocycles. The number of carbonyl (C=O) groups is 1. The fourth-order valence-electron chi connectivity index (χ4n) is 2.20. The summed E-state index contributed by atoms with van der Waals surface area (Å²) in [7, 11) is 0. The van der Waals surface area contributed by atoms with E-state index in [9.17, 15) is 4.79 Å². The Hall–Kier alpha value is -2.20. The first kappa shape index (κ1) is 18.1. The minimum atomic E-state index is -0.601. The molecule has 128 valence electrons. The molecule has 0 aliphatic heterocycles. The van der Waals surface area contributed by atoms with E-state index < -0.39 is 6.10 Å². The third kappa shape index (κ3) is 5.17. The van der Waals surface area contributed by atoms with Crippen molar-refractivity contribution in [2.24, 2.45) is 0 Å². The maximum Gasteiger partial charge on any atom is 0.261 e. The molecular weight excluding hydrogens is 326 g/mol. The van der Waals surface area contributed by atoms with E-state index >= 15 is 0 Å². The average molecular weight is 348 g/mol. The number of amides is 1. The van der Waals surface area contributed by atoms with E-state index in [-0.39, 0.29) is 11.9 Å². The Bertz CT molecular complexity index is 655. The predicted octanol–water partition coefficient (Wildman–Crippen LogP) is 4.38. The van der Waals surface area contributed by atoms with Gasteiger partial charge in [0.15, 0.2) is 6.10 Å². The molecular formula is C19H22ClNO3. The molecule has 0 saturated carbocycles. The summed E-state index contributed by atoms with van der Waals surface area (Å²) in [6.07, 6.45) is -0.601. The van der Waals surface area contributed by atoms with Gasteiger partial charge in [0.2, 0.25) is 0 Å². The molecule has 2 rings (SSSR count). The monoisotopic (exact) mass is 347 g/mol. The van der Waals surface area contributed by atoms with Gasteiger partial charge >= 0.3 is 0 Å². The van der Waals surface area contributed by atoms with Crippen LogP contribution < -0.4 is 14.8 Å². The molecule has 0 fully saturated rings. The van der Waals surface area contributed by atoms with Crippen molar-refractivity contribution >= 4 is 17.5 Å². The van der Waals surface area contributed by atoms with Crippen molar-refractivity contribution in [3.05, 3.63) is 59.1 Å². The molecule has 24 heavy (non-hydrogen) atoms. The fraction of sp³-hybridized carbons (Fsp3) is 0.316. The van der Waals surface area contributed by atoms with Gasteiger partial charge in [0.25, 0.3) is 5.91 Å². The number of hydrogen-bond acceptors (Lipinski definition) is 3. The topological polar surface area (TPSA) is 47.6 Å². The summed E-state index contributed by atoms with van der Waals surface area (Å²) in [5.74, 6) is 1.25. The van der Waals surface area contributed by atoms with Crippen molar-refractivity contribution in [2.75, 3.05) is 6.61 Å². The molecule has 0 radical (unpaired) electrons. The summed E-state index contributed by atoms with van der Waals surface area (Å²) in [4.78, 5) is 12.3. The smallest absolute Gasteiger partial charge is 0.261 e. The number of hydrogen-bond donors (Lipinski definition) is 1. The molecule has 0 aliphatic carbocycles. The standard InChI is InChI=1S/C19H22ClNO3/c1-4-23-17-9-5-15(6-10-17)13(2)21-19(22)14(3)24-18-11-7-16(20)8-12-18/h5-14H,4H2,1-3H3,(H,21,22)/t13-,14+/m0/s1. The van der Waals surface area contributed by atoms with Gasteiger partial charge in [-0.3, -0.25) is 4.79 Å². The largest absolute Gasteiger partial charge is 0.494 e. The third-order valence-corrected chi connectivity index (χ3v) is 3.80. The summed E-state index contributed by atoms with van der Waals surface area (Å²) in [6, 6.07) is 14.5. The molecule has 0 saturated heterocycles. The van der Waals surface area contributed by atoms with Gasteiger partial charge in [0, 0.05) is 5.02 Å². The number of carbonyl (C=O) groups excluding carboxylic acids is 1. The maximum absolute atomic E-state index is 12.3. The Balaban J connectivity index is 1.91. The summed E-state index contributed by atoms with van der Waals surface area (Å²) in [5.41, 5.74) is 1.01. The highest BCUT2D eigenvalue weighted by Gasteiger charge is 2.17. The van der Waals surface area contributed by atoms with Crippen molar-refractivity contribution < 1.29 is 14.3 Å². The van der Waals surface area contributed by atoms with Crippen LogP contribution in [0, 0.1) is 0 Å². The lowest BCUT2D eigenvalue weighted by molar-refractivity contribution is -0.127. The SMILES string of the molecule is CCOc1ccc([C@H](C)NC(=O)[C@@H](C)Oc2ccc(Cl)cc2)cc1. The normalized spacial score (nSPS) is 13.0. The van der Waals surface area contributed by atoms with E-state index in [1.807, 2.05) is 38.1 Å². The van der Waals surface area contributed by atoms with E-state index in [0.717, 1.165) is 11.3 Å². The zero-order chi connectivity index (χ0) is 17.5. The molecule has 5 heteroatoms. The van der Waals surface area contributed by atoms with E-state index in [1.54, 1.807) is 31.2 Å². The lowest BCUT2D eigenvalue weighted by atomic mass is 10.1. The molecule has 0 aromatic heterocycles. The Morgan fingerprint density at radius 1 is 1.04 bits per heavy atom. The van der Waals surface area contributed by atoms with Gasteiger partial charge < -0.3 is 14.8 Å². The Morgan fingerprint density at radius 3 is 2.21 bits per heavy atom. The second-order valence-electron chi connectivity index (χ2n) is 5.45. The highest BCUT2D eigenvalue weighted by atomic mass is 35.5. The first-order valence-corrected chi connectivity index (χ1v) is 8.32. The molecule has 0 unspecified atom stereocenters. The van der Waals surface area contributed by atoms with Gasteiger partial charge in [0.1, 0.15) is 11.5 Å².